The second-order valence-corrected chi connectivity index (χ2v) is 10.2. The zero-order chi connectivity index (χ0) is 30.2. The molecule has 11 nitrogen and oxygen atoms in total. The van der Waals surface area contributed by atoms with Crippen molar-refractivity contribution in [1.29, 1.82) is 0 Å². The molecule has 0 aromatic heterocycles. The van der Waals surface area contributed by atoms with Gasteiger partial charge in [0.25, 0.3) is 5.91 Å². The van der Waals surface area contributed by atoms with Crippen molar-refractivity contribution in [2.75, 3.05) is 46.5 Å². The number of likely N-dealkylation sites (tertiary alicyclic amines) is 1. The van der Waals surface area contributed by atoms with Crippen molar-refractivity contribution >= 4 is 11.9 Å². The highest BCUT2D eigenvalue weighted by Crippen LogP contribution is 2.32. The Labute approximate surface area is 248 Å². The maximum Gasteiger partial charge on any atom is 0.342 e. The topological polar surface area (TPSA) is 125 Å². The van der Waals surface area contributed by atoms with E-state index in [2.05, 4.69) is 5.48 Å². The Kier molecular flexibility index (Phi) is 14.8. The molecule has 2 heterocycles. The number of cyclic esters (lactones) is 1. The number of nitrogens with one attached hydrogen (secondary N) is 1. The van der Waals surface area contributed by atoms with Gasteiger partial charge in [-0.1, -0.05) is 24.3 Å². The number of nitrogens with zero attached hydrogens (tertiary/aromatic N) is 1. The standard InChI is InChI=1S/C31H46N2O9/c1-4-37-21-39-27-18-24-17-25(32-41-20-29(35)33-15-7-6-8-16-33)12-10-14-26(34)13-9-11-23(3)42-31(36)30(24)28(19-27)40-22-38-5-2/h9-10,12-13,18-19,23,25-26,32,34H,4-8,11,14-17,20-22H2,1-3H3/b12-10+,13-9+/t23-,25?,26-/m1/s1. The second kappa shape index (κ2) is 18.6. The van der Waals surface area contributed by atoms with Gasteiger partial charge in [-0.2, -0.15) is 5.48 Å². The Morgan fingerprint density at radius 1 is 1.02 bits per heavy atom. The summed E-state index contributed by atoms with van der Waals surface area (Å²) in [4.78, 5) is 33.7. The molecule has 2 aliphatic rings. The third-order valence-electron chi connectivity index (χ3n) is 6.84. The van der Waals surface area contributed by atoms with Gasteiger partial charge < -0.3 is 33.7 Å². The number of benzene rings is 1. The van der Waals surface area contributed by atoms with E-state index in [4.69, 9.17) is 28.5 Å². The Balaban J connectivity index is 1.92. The van der Waals surface area contributed by atoms with Gasteiger partial charge in [-0.3, -0.25) is 9.63 Å². The number of aliphatic hydroxyl groups is 1. The van der Waals surface area contributed by atoms with Gasteiger partial charge >= 0.3 is 5.97 Å². The number of rotatable bonds is 12. The summed E-state index contributed by atoms with van der Waals surface area (Å²) in [6, 6.07) is 2.90. The lowest BCUT2D eigenvalue weighted by molar-refractivity contribution is -0.140. The van der Waals surface area contributed by atoms with Crippen LogP contribution in [-0.2, 0) is 30.3 Å². The fourth-order valence-electron chi connectivity index (χ4n) is 4.63. The average molecular weight is 591 g/mol. The van der Waals surface area contributed by atoms with Gasteiger partial charge in [0, 0.05) is 38.8 Å². The largest absolute Gasteiger partial charge is 0.467 e. The fraction of sp³-hybridized carbons (Fsp3) is 0.613. The van der Waals surface area contributed by atoms with E-state index in [9.17, 15) is 14.7 Å². The van der Waals surface area contributed by atoms with E-state index in [1.54, 1.807) is 31.2 Å². The average Bonchev–Trinajstić information content (AvgIpc) is 2.97. The van der Waals surface area contributed by atoms with Crippen molar-refractivity contribution in [3.63, 3.8) is 0 Å². The van der Waals surface area contributed by atoms with Crippen LogP contribution in [0.4, 0.5) is 0 Å². The number of hydroxylamine groups is 1. The molecule has 0 bridgehead atoms. The van der Waals surface area contributed by atoms with Crippen molar-refractivity contribution in [1.82, 2.24) is 10.4 Å². The molecule has 1 aromatic carbocycles. The van der Waals surface area contributed by atoms with Crippen LogP contribution in [0.15, 0.2) is 36.4 Å². The summed E-state index contributed by atoms with van der Waals surface area (Å²) in [6.07, 6.45) is 10.2. The number of piperidine rings is 1. The van der Waals surface area contributed by atoms with Crippen LogP contribution in [-0.4, -0.2) is 86.6 Å². The molecule has 1 aromatic rings. The van der Waals surface area contributed by atoms with Crippen LogP contribution in [0, 0.1) is 0 Å². The van der Waals surface area contributed by atoms with Crippen LogP contribution >= 0.6 is 0 Å². The number of carbonyl (C=O) groups is 2. The Morgan fingerprint density at radius 2 is 1.74 bits per heavy atom. The first-order valence-corrected chi connectivity index (χ1v) is 14.9. The van der Waals surface area contributed by atoms with Crippen LogP contribution in [0.25, 0.3) is 0 Å². The molecule has 2 aliphatic heterocycles. The second-order valence-electron chi connectivity index (χ2n) is 10.2. The van der Waals surface area contributed by atoms with Gasteiger partial charge in [0.1, 0.15) is 29.8 Å². The number of hydrogen-bond donors (Lipinski definition) is 2. The molecule has 1 saturated heterocycles. The molecular formula is C31H46N2O9. The van der Waals surface area contributed by atoms with Crippen molar-refractivity contribution in [3.8, 4) is 11.5 Å². The highest BCUT2D eigenvalue weighted by molar-refractivity contribution is 5.94. The van der Waals surface area contributed by atoms with Crippen LogP contribution in [0.5, 0.6) is 11.5 Å². The molecular weight excluding hydrogens is 544 g/mol. The van der Waals surface area contributed by atoms with Gasteiger partial charge in [-0.05, 0) is 64.5 Å². The number of esters is 1. The van der Waals surface area contributed by atoms with E-state index < -0.39 is 24.2 Å². The van der Waals surface area contributed by atoms with Crippen molar-refractivity contribution in [2.24, 2.45) is 0 Å². The number of amides is 1. The van der Waals surface area contributed by atoms with E-state index in [0.717, 1.165) is 32.4 Å². The predicted octanol–water partition coefficient (Wildman–Crippen LogP) is 3.69. The molecule has 0 aliphatic carbocycles. The summed E-state index contributed by atoms with van der Waals surface area (Å²) in [7, 11) is 0. The van der Waals surface area contributed by atoms with E-state index in [-0.39, 0.29) is 43.8 Å². The van der Waals surface area contributed by atoms with E-state index in [0.29, 0.717) is 37.4 Å². The monoisotopic (exact) mass is 590 g/mol. The molecule has 1 amide bonds. The highest BCUT2D eigenvalue weighted by Gasteiger charge is 2.25. The Bertz CT molecular complexity index is 1040. The minimum Gasteiger partial charge on any atom is -0.467 e. The first kappa shape index (κ1) is 33.5. The SMILES string of the molecule is CCOCOc1cc2c(c(OCOCC)c1)C(=O)O[C@H](C)C/C=C/[C@@H](O)C/C=C/C(NOCC(=O)N1CCCCC1)C2. The molecule has 42 heavy (non-hydrogen) atoms. The quantitative estimate of drug-likeness (QED) is 0.122. The van der Waals surface area contributed by atoms with Crippen LogP contribution in [0.1, 0.15) is 68.8 Å². The van der Waals surface area contributed by atoms with E-state index in [1.807, 2.05) is 30.9 Å². The molecule has 234 valence electrons. The van der Waals surface area contributed by atoms with Crippen LogP contribution in [0.3, 0.4) is 0 Å². The van der Waals surface area contributed by atoms with Gasteiger partial charge in [-0.15, -0.1) is 0 Å². The van der Waals surface area contributed by atoms with E-state index in [1.165, 1.54) is 0 Å². The first-order chi connectivity index (χ1) is 20.4. The lowest BCUT2D eigenvalue weighted by atomic mass is 9.98. The Morgan fingerprint density at radius 3 is 2.48 bits per heavy atom. The highest BCUT2D eigenvalue weighted by atomic mass is 16.7. The minimum absolute atomic E-state index is 0.0230. The summed E-state index contributed by atoms with van der Waals surface area (Å²) in [5.74, 6) is 0.0590. The molecule has 0 spiro atoms. The van der Waals surface area contributed by atoms with Crippen LogP contribution < -0.4 is 15.0 Å². The number of hydrogen-bond acceptors (Lipinski definition) is 10. The third kappa shape index (κ3) is 11.4. The number of aliphatic hydroxyl groups excluding tert-OH is 1. The maximum atomic E-state index is 13.6. The fourth-order valence-corrected chi connectivity index (χ4v) is 4.63. The molecule has 1 fully saturated rings. The van der Waals surface area contributed by atoms with Crippen molar-refractivity contribution in [3.05, 3.63) is 47.6 Å². The molecule has 3 rings (SSSR count). The van der Waals surface area contributed by atoms with Gasteiger partial charge in [0.15, 0.2) is 13.6 Å². The van der Waals surface area contributed by atoms with Gasteiger partial charge in [0.05, 0.1) is 12.1 Å². The molecule has 11 heteroatoms. The lowest BCUT2D eigenvalue weighted by Crippen LogP contribution is -2.40. The van der Waals surface area contributed by atoms with Crippen LogP contribution in [0.2, 0.25) is 0 Å². The van der Waals surface area contributed by atoms with Gasteiger partial charge in [-0.25, -0.2) is 4.79 Å². The molecule has 0 radical (unpaired) electrons. The van der Waals surface area contributed by atoms with E-state index >= 15 is 0 Å². The number of fused-ring (bicyclic) bond motifs is 1. The number of carbonyl (C=O) groups excluding carboxylic acids is 2. The van der Waals surface area contributed by atoms with Crippen molar-refractivity contribution in [2.45, 2.75) is 77.5 Å². The molecule has 2 N–H and O–H groups in total. The summed E-state index contributed by atoms with van der Waals surface area (Å²) in [5, 5.41) is 10.4. The maximum absolute atomic E-state index is 13.6. The summed E-state index contributed by atoms with van der Waals surface area (Å²) >= 11 is 0. The predicted molar refractivity (Wildman–Crippen MR) is 156 cm³/mol. The molecule has 3 atom stereocenters. The third-order valence-corrected chi connectivity index (χ3v) is 6.84. The molecule has 0 saturated carbocycles. The van der Waals surface area contributed by atoms with Crippen molar-refractivity contribution < 1.29 is 43.2 Å². The normalized spacial score (nSPS) is 23.3. The zero-order valence-electron chi connectivity index (χ0n) is 25.0. The Hall–Kier alpha value is -2.96. The smallest absolute Gasteiger partial charge is 0.342 e. The summed E-state index contributed by atoms with van der Waals surface area (Å²) in [6.45, 7) is 7.73. The number of ether oxygens (including phenoxy) is 5. The first-order valence-electron chi connectivity index (χ1n) is 14.9. The van der Waals surface area contributed by atoms with Gasteiger partial charge in [0.2, 0.25) is 0 Å². The summed E-state index contributed by atoms with van der Waals surface area (Å²) < 4.78 is 28.2. The molecule has 1 unspecified atom stereocenters. The minimum atomic E-state index is -0.696. The summed E-state index contributed by atoms with van der Waals surface area (Å²) in [5.41, 5.74) is 3.80. The zero-order valence-corrected chi connectivity index (χ0v) is 25.0. The lowest BCUT2D eigenvalue weighted by Gasteiger charge is -2.27.